The Hall–Kier alpha value is -1.00. The Morgan fingerprint density at radius 1 is 1.00 bits per heavy atom. The van der Waals surface area contributed by atoms with Gasteiger partial charge in [-0.1, -0.05) is 64.5 Å². The highest BCUT2D eigenvalue weighted by atomic mass is 16.5. The van der Waals surface area contributed by atoms with Crippen molar-refractivity contribution in [3.8, 4) is 0 Å². The zero-order valence-electron chi connectivity index (χ0n) is 20.3. The average Bonchev–Trinajstić information content (AvgIpc) is 3.34. The second kappa shape index (κ2) is 10.7. The van der Waals surface area contributed by atoms with Crippen molar-refractivity contribution in [3.63, 3.8) is 0 Å². The van der Waals surface area contributed by atoms with E-state index in [1.165, 1.54) is 83.5 Å². The predicted molar refractivity (Wildman–Crippen MR) is 127 cm³/mol. The summed E-state index contributed by atoms with van der Waals surface area (Å²) in [5.74, 6) is 0.740. The normalized spacial score (nSPS) is 34.3. The molecule has 4 nitrogen and oxygen atoms in total. The molecule has 1 spiro atoms. The molecule has 1 saturated carbocycles. The second-order valence-corrected chi connectivity index (χ2v) is 10.4. The van der Waals surface area contributed by atoms with Gasteiger partial charge in [-0.05, 0) is 70.2 Å². The molecule has 0 N–H and O–H groups in total. The molecule has 4 heterocycles. The van der Waals surface area contributed by atoms with E-state index in [-0.39, 0.29) is 0 Å². The van der Waals surface area contributed by atoms with Crippen LogP contribution in [-0.4, -0.2) is 46.5 Å². The molecule has 5 rings (SSSR count). The van der Waals surface area contributed by atoms with Crippen molar-refractivity contribution in [2.75, 3.05) is 6.61 Å². The number of hydrogen-bond donors (Lipinski definition) is 0. The van der Waals surface area contributed by atoms with Crippen LogP contribution in [0.4, 0.5) is 0 Å². The van der Waals surface area contributed by atoms with Crippen molar-refractivity contribution in [3.05, 3.63) is 24.6 Å². The largest absolute Gasteiger partial charge is 0.356 e. The van der Waals surface area contributed by atoms with Crippen molar-refractivity contribution in [1.29, 1.82) is 0 Å². The Kier molecular flexibility index (Phi) is 8.03. The zero-order chi connectivity index (χ0) is 21.7. The second-order valence-electron chi connectivity index (χ2n) is 10.4. The number of allylic oxidation sites excluding steroid dienone is 2. The Balaban J connectivity index is 0.000000151. The van der Waals surface area contributed by atoms with Crippen molar-refractivity contribution < 1.29 is 9.47 Å². The zero-order valence-corrected chi connectivity index (χ0v) is 20.3. The van der Waals surface area contributed by atoms with E-state index in [0.29, 0.717) is 30.1 Å². The van der Waals surface area contributed by atoms with Crippen LogP contribution < -0.4 is 0 Å². The van der Waals surface area contributed by atoms with Gasteiger partial charge in [0.1, 0.15) is 12.5 Å². The van der Waals surface area contributed by atoms with Crippen molar-refractivity contribution in [2.24, 2.45) is 5.92 Å². The third-order valence-electron chi connectivity index (χ3n) is 8.40. The fourth-order valence-electron chi connectivity index (χ4n) is 6.48. The van der Waals surface area contributed by atoms with Crippen LogP contribution in [0.2, 0.25) is 0 Å². The molecule has 2 saturated heterocycles. The summed E-state index contributed by atoms with van der Waals surface area (Å²) in [6.07, 6.45) is 27.2. The van der Waals surface area contributed by atoms with E-state index in [1.54, 1.807) is 0 Å². The molecule has 0 radical (unpaired) electrons. The van der Waals surface area contributed by atoms with Crippen LogP contribution in [-0.2, 0) is 9.47 Å². The summed E-state index contributed by atoms with van der Waals surface area (Å²) < 4.78 is 12.2. The average molecular weight is 431 g/mol. The summed E-state index contributed by atoms with van der Waals surface area (Å²) in [6.45, 7) is 7.89. The lowest BCUT2D eigenvalue weighted by Gasteiger charge is -2.42. The van der Waals surface area contributed by atoms with E-state index >= 15 is 0 Å². The molecule has 0 aromatic rings. The smallest absolute Gasteiger partial charge is 0.130 e. The van der Waals surface area contributed by atoms with E-state index in [1.807, 2.05) is 0 Å². The lowest BCUT2D eigenvalue weighted by molar-refractivity contribution is -0.0201. The fourth-order valence-corrected chi connectivity index (χ4v) is 6.48. The summed E-state index contributed by atoms with van der Waals surface area (Å²) in [5.41, 5.74) is 0.389. The van der Waals surface area contributed by atoms with E-state index in [2.05, 4.69) is 55.1 Å². The highest BCUT2D eigenvalue weighted by molar-refractivity contribution is 5.06. The van der Waals surface area contributed by atoms with Crippen LogP contribution in [0, 0.1) is 5.92 Å². The van der Waals surface area contributed by atoms with E-state index < -0.39 is 0 Å². The van der Waals surface area contributed by atoms with Crippen molar-refractivity contribution in [2.45, 2.75) is 134 Å². The molecule has 0 aromatic carbocycles. The molecule has 5 aliphatic rings. The topological polar surface area (TPSA) is 24.9 Å². The molecular weight excluding hydrogens is 384 g/mol. The number of fused-ring (bicyclic) bond motifs is 3. The van der Waals surface area contributed by atoms with Gasteiger partial charge in [-0.15, -0.1) is 0 Å². The minimum Gasteiger partial charge on any atom is -0.356 e. The Morgan fingerprint density at radius 2 is 1.74 bits per heavy atom. The molecule has 0 bridgehead atoms. The number of rotatable bonds is 5. The quantitative estimate of drug-likeness (QED) is 0.492. The summed E-state index contributed by atoms with van der Waals surface area (Å²) >= 11 is 0. The summed E-state index contributed by atoms with van der Waals surface area (Å²) in [4.78, 5) is 4.96. The molecule has 31 heavy (non-hydrogen) atoms. The molecule has 0 amide bonds. The van der Waals surface area contributed by atoms with Gasteiger partial charge in [-0.3, -0.25) is 0 Å². The third-order valence-corrected chi connectivity index (χ3v) is 8.40. The molecule has 1 aliphatic carbocycles. The van der Waals surface area contributed by atoms with Gasteiger partial charge in [0.05, 0.1) is 24.3 Å². The first-order chi connectivity index (χ1) is 15.2. The van der Waals surface area contributed by atoms with Gasteiger partial charge in [0, 0.05) is 0 Å². The molecule has 0 aromatic heterocycles. The van der Waals surface area contributed by atoms with Gasteiger partial charge >= 0.3 is 0 Å². The van der Waals surface area contributed by atoms with E-state index in [0.717, 1.165) is 12.5 Å². The van der Waals surface area contributed by atoms with Gasteiger partial charge in [0.15, 0.2) is 0 Å². The van der Waals surface area contributed by atoms with Crippen LogP contribution >= 0.6 is 0 Å². The van der Waals surface area contributed by atoms with Crippen molar-refractivity contribution >= 4 is 0 Å². The lowest BCUT2D eigenvalue weighted by Crippen LogP contribution is -2.47. The minimum absolute atomic E-state index is 0.357. The molecule has 3 fully saturated rings. The molecular formula is C27H46N2O2. The minimum atomic E-state index is 0.357. The molecule has 176 valence electrons. The summed E-state index contributed by atoms with van der Waals surface area (Å²) in [7, 11) is 0. The number of ether oxygens (including phenoxy) is 2. The third kappa shape index (κ3) is 5.00. The van der Waals surface area contributed by atoms with E-state index in [4.69, 9.17) is 9.47 Å². The van der Waals surface area contributed by atoms with Gasteiger partial charge < -0.3 is 19.3 Å². The van der Waals surface area contributed by atoms with E-state index in [9.17, 15) is 0 Å². The first-order valence-corrected chi connectivity index (χ1v) is 13.3. The van der Waals surface area contributed by atoms with Crippen LogP contribution in [0.3, 0.4) is 0 Å². The maximum absolute atomic E-state index is 6.30. The highest BCUT2D eigenvalue weighted by Crippen LogP contribution is 2.42. The number of hydrogen-bond acceptors (Lipinski definition) is 4. The monoisotopic (exact) mass is 430 g/mol. The maximum atomic E-state index is 6.30. The standard InChI is InChI=1S/C15H27NO.C12H19NO/c1-4-6-9-13(5-2)15-12(3)16-11-8-7-10-14(16)17-15;1-3-7-12(8-4-1)10-14-11-6-2-5-9-13(11)12/h8,11-15H,4-7,9-10H2,1-3H3;5,9,11H,1-4,6-8,10H2. The Labute approximate surface area is 191 Å². The SMILES string of the molecule is C1=CN2C(CC1)OCC21CCCCC1.CCCCC(CC)C1OC2CCC=CN2C1C. The number of nitrogens with zero attached hydrogens (tertiary/aromatic N) is 2. The molecule has 4 heteroatoms. The molecule has 5 unspecified atom stereocenters. The summed E-state index contributed by atoms with van der Waals surface area (Å²) in [5, 5.41) is 0. The van der Waals surface area contributed by atoms with Gasteiger partial charge in [0.25, 0.3) is 0 Å². The van der Waals surface area contributed by atoms with Crippen LogP contribution in [0.15, 0.2) is 24.6 Å². The first kappa shape index (κ1) is 23.2. The molecule has 5 atom stereocenters. The highest BCUT2D eigenvalue weighted by Gasteiger charge is 2.46. The molecule has 4 aliphatic heterocycles. The Bertz CT molecular complexity index is 612. The first-order valence-electron chi connectivity index (χ1n) is 13.3. The van der Waals surface area contributed by atoms with Gasteiger partial charge in [-0.25, -0.2) is 0 Å². The van der Waals surface area contributed by atoms with Gasteiger partial charge in [-0.2, -0.15) is 0 Å². The lowest BCUT2D eigenvalue weighted by atomic mass is 9.81. The van der Waals surface area contributed by atoms with Crippen LogP contribution in [0.25, 0.3) is 0 Å². The fraction of sp³-hybridized carbons (Fsp3) is 0.852. The van der Waals surface area contributed by atoms with Crippen molar-refractivity contribution in [1.82, 2.24) is 9.80 Å². The maximum Gasteiger partial charge on any atom is 0.130 e. The Morgan fingerprint density at radius 3 is 2.45 bits per heavy atom. The predicted octanol–water partition coefficient (Wildman–Crippen LogP) is 6.58. The number of unbranched alkanes of at least 4 members (excludes halogenated alkanes) is 1. The van der Waals surface area contributed by atoms with Crippen LogP contribution in [0.1, 0.15) is 104 Å². The van der Waals surface area contributed by atoms with Crippen LogP contribution in [0.5, 0.6) is 0 Å². The summed E-state index contributed by atoms with van der Waals surface area (Å²) in [6, 6.07) is 0.554. The van der Waals surface area contributed by atoms with Gasteiger partial charge in [0.2, 0.25) is 0 Å².